The average molecular weight is 446 g/mol. The fourth-order valence-electron chi connectivity index (χ4n) is 2.58. The lowest BCUT2D eigenvalue weighted by atomic mass is 10.2. The molecule has 10 nitrogen and oxygen atoms in total. The molecule has 168 valence electrons. The van der Waals surface area contributed by atoms with Gasteiger partial charge in [0.25, 0.3) is 5.91 Å². The molecule has 0 aliphatic carbocycles. The van der Waals surface area contributed by atoms with Crippen LogP contribution in [0.15, 0.2) is 89.3 Å². The van der Waals surface area contributed by atoms with Crippen LogP contribution in [0.25, 0.3) is 0 Å². The highest BCUT2D eigenvalue weighted by atomic mass is 16.5. The Hall–Kier alpha value is -4.57. The Labute approximate surface area is 189 Å². The third-order valence-corrected chi connectivity index (χ3v) is 4.18. The molecule has 0 saturated heterocycles. The second-order valence-corrected chi connectivity index (χ2v) is 6.66. The molecule has 5 N–H and O–H groups in total. The van der Waals surface area contributed by atoms with Gasteiger partial charge < -0.3 is 26.2 Å². The topological polar surface area (TPSA) is 151 Å². The molecule has 3 aromatic rings. The zero-order valence-electron chi connectivity index (χ0n) is 17.6. The minimum Gasteiger partial charge on any atom is -0.458 e. The first-order valence-corrected chi connectivity index (χ1v) is 9.83. The Bertz CT molecular complexity index is 1180. The number of nitrogens with two attached hydrogens (primary N) is 1. The van der Waals surface area contributed by atoms with Crippen molar-refractivity contribution in [1.82, 2.24) is 10.3 Å². The highest BCUT2D eigenvalue weighted by Gasteiger charge is 2.10. The first-order chi connectivity index (χ1) is 16.0. The molecular weight excluding hydrogens is 424 g/mol. The predicted molar refractivity (Wildman–Crippen MR) is 124 cm³/mol. The molecule has 10 heteroatoms. The smallest absolute Gasteiger partial charge is 0.251 e. The first kappa shape index (κ1) is 23.1. The van der Waals surface area contributed by atoms with E-state index in [4.69, 9.17) is 15.6 Å². The maximum atomic E-state index is 12.1. The van der Waals surface area contributed by atoms with Crippen LogP contribution in [0.3, 0.4) is 0 Å². The van der Waals surface area contributed by atoms with Crippen LogP contribution >= 0.6 is 0 Å². The maximum Gasteiger partial charge on any atom is 0.251 e. The molecule has 1 aromatic heterocycles. The van der Waals surface area contributed by atoms with Crippen molar-refractivity contribution >= 4 is 34.8 Å². The van der Waals surface area contributed by atoms with Crippen molar-refractivity contribution in [2.24, 2.45) is 10.2 Å². The Morgan fingerprint density at radius 2 is 1.70 bits per heavy atom. The van der Waals surface area contributed by atoms with Crippen molar-refractivity contribution < 1.29 is 19.4 Å². The molecule has 2 aromatic carbocycles. The van der Waals surface area contributed by atoms with Crippen molar-refractivity contribution in [3.05, 3.63) is 84.6 Å². The Morgan fingerprint density at radius 1 is 1.00 bits per heavy atom. The molecule has 1 heterocycles. The number of nitrogen functional groups attached to an aromatic ring is 1. The van der Waals surface area contributed by atoms with Crippen molar-refractivity contribution in [3.8, 4) is 5.75 Å². The van der Waals surface area contributed by atoms with E-state index in [0.29, 0.717) is 17.0 Å². The zero-order chi connectivity index (χ0) is 23.6. The summed E-state index contributed by atoms with van der Waals surface area (Å²) in [7, 11) is 0. The number of hydrogen-bond donors (Lipinski definition) is 4. The molecule has 33 heavy (non-hydrogen) atoms. The second kappa shape index (κ2) is 11.2. The highest BCUT2D eigenvalue weighted by Crippen LogP contribution is 2.31. The molecule has 0 unspecified atom stereocenters. The summed E-state index contributed by atoms with van der Waals surface area (Å²) in [4.78, 5) is 28.2. The number of carbonyl (C=O) groups excluding carboxylic acids is 2. The van der Waals surface area contributed by atoms with Gasteiger partial charge in [-0.15, -0.1) is 10.2 Å². The third kappa shape index (κ3) is 6.71. The fraction of sp³-hybridized carbons (Fsp3) is 0.0870. The van der Waals surface area contributed by atoms with E-state index in [1.807, 2.05) is 0 Å². The number of rotatable bonds is 9. The van der Waals surface area contributed by atoms with E-state index in [1.165, 1.54) is 6.07 Å². The molecule has 0 fully saturated rings. The number of nitrogens with one attached hydrogen (secondary N) is 2. The van der Waals surface area contributed by atoms with Gasteiger partial charge in [-0.05, 0) is 36.4 Å². The normalized spacial score (nSPS) is 10.6. The van der Waals surface area contributed by atoms with Gasteiger partial charge in [0.15, 0.2) is 11.6 Å². The largest absolute Gasteiger partial charge is 0.458 e. The number of hydrogen-bond acceptors (Lipinski definition) is 8. The zero-order valence-corrected chi connectivity index (χ0v) is 17.6. The van der Waals surface area contributed by atoms with Gasteiger partial charge in [-0.25, -0.2) is 4.98 Å². The number of aromatic nitrogens is 1. The Balaban J connectivity index is 1.60. The first-order valence-electron chi connectivity index (χ1n) is 9.83. The Morgan fingerprint density at radius 3 is 2.42 bits per heavy atom. The summed E-state index contributed by atoms with van der Waals surface area (Å²) in [5, 5.41) is 22.4. The lowest BCUT2D eigenvalue weighted by Crippen LogP contribution is -2.33. The summed E-state index contributed by atoms with van der Waals surface area (Å²) >= 11 is 0. The van der Waals surface area contributed by atoms with E-state index in [9.17, 15) is 9.59 Å². The number of aliphatic hydroxyl groups is 1. The molecule has 0 bridgehead atoms. The summed E-state index contributed by atoms with van der Waals surface area (Å²) < 4.78 is 5.42. The standard InChI is InChI=1S/C23H22N6O4/c1-15(14-30)33-19-10-6-5-9-17(19)28-29-18-11-12-20(27-22(18)24)26-21(31)13-25-23(32)16-7-3-2-4-8-16/h2-12,30H,1,13-14H2,(H,25,32)(H3,24,26,27,31). The van der Waals surface area contributed by atoms with E-state index in [-0.39, 0.29) is 42.1 Å². The van der Waals surface area contributed by atoms with Crippen molar-refractivity contribution in [2.75, 3.05) is 24.2 Å². The van der Waals surface area contributed by atoms with Crippen LogP contribution in [0, 0.1) is 0 Å². The summed E-state index contributed by atoms with van der Waals surface area (Å²) in [5.74, 6) is -0.0415. The monoisotopic (exact) mass is 446 g/mol. The predicted octanol–water partition coefficient (Wildman–Crippen LogP) is 3.33. The van der Waals surface area contributed by atoms with E-state index in [2.05, 4.69) is 32.4 Å². The highest BCUT2D eigenvalue weighted by molar-refractivity contribution is 5.99. The molecule has 0 aliphatic rings. The fourth-order valence-corrected chi connectivity index (χ4v) is 2.58. The molecule has 0 radical (unpaired) electrons. The number of para-hydroxylation sites is 1. The number of nitrogens with zero attached hydrogens (tertiary/aromatic N) is 3. The minimum atomic E-state index is -0.462. The van der Waals surface area contributed by atoms with Crippen LogP contribution in [0.4, 0.5) is 23.0 Å². The van der Waals surface area contributed by atoms with Gasteiger partial charge in [-0.1, -0.05) is 36.9 Å². The van der Waals surface area contributed by atoms with Crippen LogP contribution in [0.2, 0.25) is 0 Å². The summed E-state index contributed by atoms with van der Waals surface area (Å²) in [6.45, 7) is 3.02. The van der Waals surface area contributed by atoms with Gasteiger partial charge in [0.1, 0.15) is 29.6 Å². The molecule has 3 rings (SSSR count). The van der Waals surface area contributed by atoms with Crippen LogP contribution in [-0.2, 0) is 4.79 Å². The number of carbonyl (C=O) groups is 2. The molecule has 0 aliphatic heterocycles. The van der Waals surface area contributed by atoms with Crippen LogP contribution in [-0.4, -0.2) is 35.1 Å². The number of pyridine rings is 1. The van der Waals surface area contributed by atoms with Gasteiger partial charge in [0, 0.05) is 5.56 Å². The van der Waals surface area contributed by atoms with Gasteiger partial charge in [-0.3, -0.25) is 9.59 Å². The summed E-state index contributed by atoms with van der Waals surface area (Å²) in [5.41, 5.74) is 7.07. The number of aliphatic hydroxyl groups excluding tert-OH is 1. The van der Waals surface area contributed by atoms with E-state index in [0.717, 1.165) is 0 Å². The molecular formula is C23H22N6O4. The Kier molecular flexibility index (Phi) is 7.81. The SMILES string of the molecule is C=C(CO)Oc1ccccc1N=Nc1ccc(NC(=O)CNC(=O)c2ccccc2)nc1N. The number of benzene rings is 2. The average Bonchev–Trinajstić information content (AvgIpc) is 2.83. The number of ether oxygens (including phenoxy) is 1. The molecule has 0 saturated carbocycles. The van der Waals surface area contributed by atoms with E-state index < -0.39 is 5.91 Å². The van der Waals surface area contributed by atoms with Gasteiger partial charge >= 0.3 is 0 Å². The number of anilines is 2. The minimum absolute atomic E-state index is 0.0445. The van der Waals surface area contributed by atoms with E-state index in [1.54, 1.807) is 60.7 Å². The van der Waals surface area contributed by atoms with Crippen LogP contribution in [0.5, 0.6) is 5.75 Å². The number of amides is 2. The quantitative estimate of drug-likeness (QED) is 0.292. The third-order valence-electron chi connectivity index (χ3n) is 4.18. The van der Waals surface area contributed by atoms with Gasteiger partial charge in [0.2, 0.25) is 5.91 Å². The lowest BCUT2D eigenvalue weighted by Gasteiger charge is -2.09. The second-order valence-electron chi connectivity index (χ2n) is 6.66. The van der Waals surface area contributed by atoms with Crippen LogP contribution < -0.4 is 21.1 Å². The van der Waals surface area contributed by atoms with E-state index >= 15 is 0 Å². The maximum absolute atomic E-state index is 12.1. The van der Waals surface area contributed by atoms with Crippen molar-refractivity contribution in [1.29, 1.82) is 0 Å². The molecule has 0 atom stereocenters. The summed E-state index contributed by atoms with van der Waals surface area (Å²) in [6.07, 6.45) is 0. The van der Waals surface area contributed by atoms with Gasteiger partial charge in [0.05, 0.1) is 6.54 Å². The lowest BCUT2D eigenvalue weighted by molar-refractivity contribution is -0.115. The van der Waals surface area contributed by atoms with Gasteiger partial charge in [-0.2, -0.15) is 0 Å². The molecule has 2 amide bonds. The molecule has 0 spiro atoms. The summed E-state index contributed by atoms with van der Waals surface area (Å²) in [6, 6.07) is 18.4. The number of azo groups is 1. The van der Waals surface area contributed by atoms with Crippen LogP contribution in [0.1, 0.15) is 10.4 Å². The van der Waals surface area contributed by atoms with Crippen molar-refractivity contribution in [3.63, 3.8) is 0 Å². The van der Waals surface area contributed by atoms with Crippen molar-refractivity contribution in [2.45, 2.75) is 0 Å².